The second kappa shape index (κ2) is 11.8. The zero-order valence-electron chi connectivity index (χ0n) is 32.7. The lowest BCUT2D eigenvalue weighted by Crippen LogP contribution is -2.70. The van der Waals surface area contributed by atoms with Gasteiger partial charge in [-0.1, -0.05) is 74.0 Å². The Balaban J connectivity index is 1.38. The molecule has 0 amide bonds. The number of aromatic nitrogens is 3. The van der Waals surface area contributed by atoms with Crippen LogP contribution in [0, 0.1) is 62.6 Å². The number of hydrogen-bond donors (Lipinski definition) is 3. The third kappa shape index (κ3) is 4.97. The van der Waals surface area contributed by atoms with E-state index >= 15 is 0 Å². The summed E-state index contributed by atoms with van der Waals surface area (Å²) >= 11 is 0. The van der Waals surface area contributed by atoms with Gasteiger partial charge in [0.25, 0.3) is 0 Å². The predicted molar refractivity (Wildman–Crippen MR) is 196 cm³/mol. The molecule has 2 heterocycles. The first-order valence-corrected chi connectivity index (χ1v) is 19.9. The van der Waals surface area contributed by atoms with Gasteiger partial charge in [-0.2, -0.15) is 10.1 Å². The van der Waals surface area contributed by atoms with Crippen molar-refractivity contribution in [3.8, 4) is 0 Å². The van der Waals surface area contributed by atoms with Crippen LogP contribution in [-0.4, -0.2) is 57.3 Å². The number of carbonyl (C=O) groups is 1. The molecule has 0 unspecified atom stereocenters. The van der Waals surface area contributed by atoms with E-state index in [-0.39, 0.29) is 40.2 Å². The van der Waals surface area contributed by atoms with Crippen LogP contribution in [0.4, 0.5) is 5.95 Å². The second-order valence-electron chi connectivity index (χ2n) is 20.1. The summed E-state index contributed by atoms with van der Waals surface area (Å²) in [6.07, 6.45) is 10.1. The summed E-state index contributed by atoms with van der Waals surface area (Å²) in [6.45, 7) is 24.4. The van der Waals surface area contributed by atoms with Crippen LogP contribution >= 0.6 is 0 Å². The third-order valence-corrected chi connectivity index (χ3v) is 16.8. The molecule has 5 fully saturated rings. The second-order valence-corrected chi connectivity index (χ2v) is 20.1. The standard InChI is InChI=1S/C41H67N5O4/c1-23(2)25(5)37(7)17-18-38(8)27-13-14-30-36(6)19-29(46-35(42)44-33(45-46)26-11-12-26)32(50-21-40(10,43)24(3)4)41(30,22-49-20-36)28(27)15-16-39(38,9)31(37)34(47)48/h15,23-27,29-32H,11-14,16-22,43H2,1-10H3,(H,47,48)(H2,42,44,45)/t25-,27+,29-,30-,31-,32+,36-,37-,38-,39+,40+,41+/m1/s1. The Kier molecular flexibility index (Phi) is 8.56. The average molecular weight is 694 g/mol. The molecular formula is C41H67N5O4. The Labute approximate surface area is 301 Å². The summed E-state index contributed by atoms with van der Waals surface area (Å²) in [6, 6.07) is -0.114. The number of nitrogen functional groups attached to an aromatic ring is 1. The van der Waals surface area contributed by atoms with Gasteiger partial charge in [0.2, 0.25) is 5.95 Å². The van der Waals surface area contributed by atoms with Gasteiger partial charge in [0.15, 0.2) is 5.82 Å². The predicted octanol–water partition coefficient (Wildman–Crippen LogP) is 7.63. The van der Waals surface area contributed by atoms with Crippen LogP contribution < -0.4 is 11.5 Å². The summed E-state index contributed by atoms with van der Waals surface area (Å²) in [5.74, 6) is 2.21. The van der Waals surface area contributed by atoms with E-state index in [0.717, 1.165) is 57.2 Å². The maximum Gasteiger partial charge on any atom is 0.307 e. The van der Waals surface area contributed by atoms with Gasteiger partial charge in [0.1, 0.15) is 0 Å². The highest BCUT2D eigenvalue weighted by Crippen LogP contribution is 2.75. The first-order chi connectivity index (χ1) is 23.3. The summed E-state index contributed by atoms with van der Waals surface area (Å²) < 4.78 is 16.1. The third-order valence-electron chi connectivity index (χ3n) is 16.8. The van der Waals surface area contributed by atoms with E-state index < -0.39 is 28.3 Å². The first kappa shape index (κ1) is 36.4. The normalized spacial score (nSPS) is 44.5. The van der Waals surface area contributed by atoms with E-state index in [9.17, 15) is 9.90 Å². The minimum Gasteiger partial charge on any atom is -0.481 e. The molecule has 0 aromatic carbocycles. The SMILES string of the molecule is CC(C)[C@@H](C)[C@@]1(C)CC[C@]2(C)[C@H]3CC[C@@H]4[C@@]5(C)COC[C@@]4(C3=CC[C@@]2(C)[C@@H]1C(=O)O)[C@@H](OC[C@](C)(N)C(C)C)[C@H](n1nc(C2CC2)nc1N)C5. The van der Waals surface area contributed by atoms with Crippen molar-refractivity contribution in [1.29, 1.82) is 0 Å². The molecule has 9 nitrogen and oxygen atoms in total. The average Bonchev–Trinajstić information content (AvgIpc) is 3.81. The molecule has 6 aliphatic rings. The van der Waals surface area contributed by atoms with Crippen LogP contribution in [0.25, 0.3) is 0 Å². The van der Waals surface area contributed by atoms with E-state index in [1.54, 1.807) is 0 Å². The smallest absolute Gasteiger partial charge is 0.307 e. The minimum atomic E-state index is -0.631. The number of nitrogens with two attached hydrogens (primary N) is 2. The van der Waals surface area contributed by atoms with Gasteiger partial charge in [-0.05, 0) is 110 Å². The molecular weight excluding hydrogens is 626 g/mol. The Morgan fingerprint density at radius 1 is 1.08 bits per heavy atom. The highest BCUT2D eigenvalue weighted by atomic mass is 16.5. The number of anilines is 1. The Morgan fingerprint density at radius 2 is 1.78 bits per heavy atom. The van der Waals surface area contributed by atoms with E-state index in [4.69, 9.17) is 31.0 Å². The summed E-state index contributed by atoms with van der Waals surface area (Å²) in [5.41, 5.74) is 13.3. The van der Waals surface area contributed by atoms with E-state index in [1.807, 2.05) is 4.68 Å². The monoisotopic (exact) mass is 694 g/mol. The van der Waals surface area contributed by atoms with Crippen molar-refractivity contribution >= 4 is 11.9 Å². The Hall–Kier alpha value is -1.97. The van der Waals surface area contributed by atoms with Crippen LogP contribution in [0.15, 0.2) is 11.6 Å². The van der Waals surface area contributed by atoms with Gasteiger partial charge in [-0.3, -0.25) is 4.79 Å². The molecule has 5 N–H and O–H groups in total. The first-order valence-electron chi connectivity index (χ1n) is 19.9. The molecule has 4 saturated carbocycles. The largest absolute Gasteiger partial charge is 0.481 e. The number of nitrogens with zero attached hydrogens (tertiary/aromatic N) is 3. The van der Waals surface area contributed by atoms with Gasteiger partial charge in [-0.25, -0.2) is 4.68 Å². The maximum absolute atomic E-state index is 13.6. The van der Waals surface area contributed by atoms with Crippen LogP contribution in [0.1, 0.15) is 138 Å². The molecule has 280 valence electrons. The Bertz CT molecular complexity index is 1530. The molecule has 1 aliphatic heterocycles. The highest BCUT2D eigenvalue weighted by molar-refractivity contribution is 5.73. The van der Waals surface area contributed by atoms with Crippen molar-refractivity contribution in [1.82, 2.24) is 14.8 Å². The molecule has 1 saturated heterocycles. The van der Waals surface area contributed by atoms with Gasteiger partial charge < -0.3 is 26.0 Å². The molecule has 9 heteroatoms. The highest BCUT2D eigenvalue weighted by Gasteiger charge is 2.73. The Morgan fingerprint density at radius 3 is 2.40 bits per heavy atom. The van der Waals surface area contributed by atoms with Crippen molar-refractivity contribution in [3.05, 3.63) is 17.5 Å². The topological polar surface area (TPSA) is 139 Å². The molecule has 7 rings (SSSR count). The quantitative estimate of drug-likeness (QED) is 0.225. The van der Waals surface area contributed by atoms with E-state index in [1.165, 1.54) is 5.57 Å². The zero-order valence-corrected chi connectivity index (χ0v) is 32.7. The fourth-order valence-electron chi connectivity index (χ4n) is 12.6. The lowest BCUT2D eigenvalue weighted by atomic mass is 9.34. The number of fused-ring (bicyclic) bond motifs is 3. The van der Waals surface area contributed by atoms with Crippen LogP contribution in [0.5, 0.6) is 0 Å². The van der Waals surface area contributed by atoms with Crippen LogP contribution in [-0.2, 0) is 14.3 Å². The van der Waals surface area contributed by atoms with Crippen molar-refractivity contribution in [3.63, 3.8) is 0 Å². The van der Waals surface area contributed by atoms with E-state index in [0.29, 0.717) is 49.4 Å². The molecule has 1 aromatic rings. The van der Waals surface area contributed by atoms with Gasteiger partial charge in [-0.15, -0.1) is 0 Å². The van der Waals surface area contributed by atoms with Gasteiger partial charge in [0, 0.05) is 16.9 Å². The summed E-state index contributed by atoms with van der Waals surface area (Å²) in [4.78, 5) is 18.4. The lowest BCUT2D eigenvalue weighted by molar-refractivity contribution is -0.254. The van der Waals surface area contributed by atoms with E-state index in [2.05, 4.69) is 75.3 Å². The van der Waals surface area contributed by atoms with Gasteiger partial charge in [0.05, 0.1) is 37.9 Å². The molecule has 0 spiro atoms. The van der Waals surface area contributed by atoms with Crippen molar-refractivity contribution in [2.75, 3.05) is 25.6 Å². The van der Waals surface area contributed by atoms with Crippen molar-refractivity contribution in [2.45, 2.75) is 144 Å². The zero-order chi connectivity index (χ0) is 36.4. The number of carboxylic acid groups (broad SMARTS) is 1. The molecule has 5 aliphatic carbocycles. The molecule has 0 radical (unpaired) electrons. The lowest BCUT2D eigenvalue weighted by Gasteiger charge is -2.71. The molecule has 50 heavy (non-hydrogen) atoms. The molecule has 12 atom stereocenters. The number of hydrogen-bond acceptors (Lipinski definition) is 7. The summed E-state index contributed by atoms with van der Waals surface area (Å²) in [7, 11) is 0. The summed E-state index contributed by atoms with van der Waals surface area (Å²) in [5, 5.41) is 16.3. The number of ether oxygens (including phenoxy) is 2. The number of aliphatic carboxylic acids is 1. The maximum atomic E-state index is 13.6. The molecule has 1 aromatic heterocycles. The number of carboxylic acids is 1. The fourth-order valence-corrected chi connectivity index (χ4v) is 12.6. The fraction of sp³-hybridized carbons (Fsp3) is 0.878. The van der Waals surface area contributed by atoms with Crippen LogP contribution in [0.3, 0.4) is 0 Å². The van der Waals surface area contributed by atoms with Crippen molar-refractivity contribution in [2.24, 2.45) is 68.3 Å². The number of allylic oxidation sites excluding steroid dienone is 1. The van der Waals surface area contributed by atoms with Crippen LogP contribution in [0.2, 0.25) is 0 Å². The van der Waals surface area contributed by atoms with Crippen molar-refractivity contribution < 1.29 is 19.4 Å². The van der Waals surface area contributed by atoms with Gasteiger partial charge >= 0.3 is 5.97 Å². The number of rotatable bonds is 9. The minimum absolute atomic E-state index is 0.0973. The molecule has 2 bridgehead atoms.